The molecule has 1 unspecified atom stereocenters. The number of fused-ring (bicyclic) bond motifs is 6. The number of hydrogen-bond acceptors (Lipinski definition) is 5. The number of aryl methyl sites for hydroxylation is 2. The first-order valence-corrected chi connectivity index (χ1v) is 27.4. The first-order valence-electron chi connectivity index (χ1n) is 27.4. The zero-order valence-electron chi connectivity index (χ0n) is 46.4. The fourth-order valence-electron chi connectivity index (χ4n) is 9.78. The van der Waals surface area contributed by atoms with Gasteiger partial charge < -0.3 is 19.5 Å². The van der Waals surface area contributed by atoms with E-state index in [0.29, 0.717) is 6.04 Å². The number of nitrogens with zero attached hydrogens (tertiary/aromatic N) is 6. The molecule has 0 spiro atoms. The van der Waals surface area contributed by atoms with Gasteiger partial charge >= 0.3 is 20.1 Å². The van der Waals surface area contributed by atoms with Crippen molar-refractivity contribution in [3.63, 3.8) is 0 Å². The third-order valence-corrected chi connectivity index (χ3v) is 13.8. The third kappa shape index (κ3) is 14.1. The first kappa shape index (κ1) is 57.2. The zero-order chi connectivity index (χ0) is 55.6. The molecule has 7 heteroatoms. The van der Waals surface area contributed by atoms with E-state index < -0.39 is 0 Å². The summed E-state index contributed by atoms with van der Waals surface area (Å²) in [5.41, 5.74) is 17.5. The maximum Gasteiger partial charge on any atom is 3.00 e. The average Bonchev–Trinajstić information content (AvgIpc) is 4.09. The van der Waals surface area contributed by atoms with Gasteiger partial charge in [-0.15, -0.1) is 108 Å². The minimum atomic E-state index is 0. The van der Waals surface area contributed by atoms with Gasteiger partial charge in [0.15, 0.2) is 0 Å². The molecule has 0 aliphatic rings. The average molecular weight is 1240 g/mol. The predicted octanol–water partition coefficient (Wildman–Crippen LogP) is 19.1. The molecule has 82 heavy (non-hydrogen) atoms. The Kier molecular flexibility index (Phi) is 19.9. The molecule has 14 rings (SSSR count). The van der Waals surface area contributed by atoms with Crippen LogP contribution in [0.3, 0.4) is 0 Å². The second-order valence-corrected chi connectivity index (χ2v) is 19.3. The van der Waals surface area contributed by atoms with Crippen LogP contribution in [0, 0.1) is 32.0 Å². The molecule has 0 N–H and O–H groups in total. The van der Waals surface area contributed by atoms with E-state index in [1.165, 1.54) is 44.1 Å². The minimum Gasteiger partial charge on any atom is -0.338 e. The Labute approximate surface area is 495 Å². The summed E-state index contributed by atoms with van der Waals surface area (Å²) in [7, 11) is 0. The van der Waals surface area contributed by atoms with Gasteiger partial charge in [0.25, 0.3) is 0 Å². The molecule has 6 heterocycles. The maximum absolute atomic E-state index is 4.90. The van der Waals surface area contributed by atoms with Gasteiger partial charge in [0.1, 0.15) is 0 Å². The minimum absolute atomic E-state index is 0. The second kappa shape index (κ2) is 28.6. The molecule has 6 aromatic heterocycles. The molecule has 8 aromatic carbocycles. The number of aromatic nitrogens is 6. The van der Waals surface area contributed by atoms with E-state index in [2.05, 4.69) is 187 Å². The Morgan fingerprint density at radius 2 is 0.720 bits per heavy atom. The SMILES string of the molecule is CCC(C)n1c2ccccc2c2ccccc21.Cc1cc(-c2ccccc2)c2ccc3c(-c4ccccc4)cc(C)nc3c2n1.[Ir+3].[c-]1ccccc1-c1ccccn1.[c-]1ccccc1-c1ccccn1.[c-]1ccccc1-c1ccccn1. The molecule has 1 atom stereocenters. The van der Waals surface area contributed by atoms with Crippen LogP contribution in [-0.4, -0.2) is 29.5 Å². The van der Waals surface area contributed by atoms with E-state index in [0.717, 1.165) is 73.4 Å². The molecule has 0 saturated carbocycles. The first-order chi connectivity index (χ1) is 39.9. The second-order valence-electron chi connectivity index (χ2n) is 19.3. The zero-order valence-corrected chi connectivity index (χ0v) is 48.8. The molecule has 0 fully saturated rings. The van der Waals surface area contributed by atoms with Gasteiger partial charge in [-0.2, -0.15) is 0 Å². The van der Waals surface area contributed by atoms with Gasteiger partial charge in [0, 0.05) is 68.6 Å². The third-order valence-electron chi connectivity index (χ3n) is 13.8. The molecule has 0 saturated heterocycles. The van der Waals surface area contributed by atoms with Crippen LogP contribution in [0.1, 0.15) is 37.7 Å². The van der Waals surface area contributed by atoms with Gasteiger partial charge in [-0.05, 0) is 109 Å². The predicted molar refractivity (Wildman–Crippen MR) is 337 cm³/mol. The summed E-state index contributed by atoms with van der Waals surface area (Å²) >= 11 is 0. The molecule has 400 valence electrons. The van der Waals surface area contributed by atoms with Crippen molar-refractivity contribution in [2.75, 3.05) is 0 Å². The fourth-order valence-corrected chi connectivity index (χ4v) is 9.78. The van der Waals surface area contributed by atoms with Crippen molar-refractivity contribution in [2.24, 2.45) is 0 Å². The summed E-state index contributed by atoms with van der Waals surface area (Å²) in [6, 6.07) is 98.1. The smallest absolute Gasteiger partial charge is 0.338 e. The normalized spacial score (nSPS) is 10.8. The van der Waals surface area contributed by atoms with Crippen LogP contribution in [0.2, 0.25) is 0 Å². The fraction of sp³-hybridized carbons (Fsp3) is 0.0800. The molecule has 0 aliphatic carbocycles. The number of benzene rings is 8. The Bertz CT molecular complexity index is 3760. The standard InChI is InChI=1S/C26H20N2.C16H17N.3C11H8N.Ir/c1-17-15-23(19-9-5-3-6-10-19)21-13-14-22-24(20-11-7-4-8-12-20)16-18(2)28-26(22)25(21)27-17;1-3-12(2)17-15-10-6-4-8-13(15)14-9-5-7-11-16(14)17;3*1-2-6-10(7-3-1)11-8-4-5-9-12-11;/h3-16H,1-2H3;4-12H,3H2,1-2H3;3*1-6,8-9H;/q;;3*-1;+3. The summed E-state index contributed by atoms with van der Waals surface area (Å²) in [6.07, 6.45) is 6.52. The quantitative estimate of drug-likeness (QED) is 0.117. The molecule has 0 radical (unpaired) electrons. The van der Waals surface area contributed by atoms with E-state index in [4.69, 9.17) is 9.97 Å². The topological polar surface area (TPSA) is 69.4 Å². The number of hydrogen-bond donors (Lipinski definition) is 0. The van der Waals surface area contributed by atoms with Crippen LogP contribution in [0.4, 0.5) is 0 Å². The number of pyridine rings is 5. The van der Waals surface area contributed by atoms with E-state index in [-0.39, 0.29) is 20.1 Å². The molecule has 0 aliphatic heterocycles. The molecule has 0 amide bonds. The van der Waals surface area contributed by atoms with Crippen molar-refractivity contribution in [1.82, 2.24) is 29.5 Å². The summed E-state index contributed by atoms with van der Waals surface area (Å²) in [4.78, 5) is 22.5. The van der Waals surface area contributed by atoms with Crippen LogP contribution in [0.15, 0.2) is 279 Å². The van der Waals surface area contributed by atoms with E-state index in [1.54, 1.807) is 18.6 Å². The molecule has 6 nitrogen and oxygen atoms in total. The maximum atomic E-state index is 4.90. The summed E-state index contributed by atoms with van der Waals surface area (Å²) in [5.74, 6) is 0. The van der Waals surface area contributed by atoms with Crippen molar-refractivity contribution in [3.8, 4) is 56.0 Å². The van der Waals surface area contributed by atoms with Crippen LogP contribution < -0.4 is 0 Å². The molecule has 14 aromatic rings. The molecular formula is C75H61IrN6. The summed E-state index contributed by atoms with van der Waals surface area (Å²) in [6.45, 7) is 8.64. The largest absolute Gasteiger partial charge is 3.00 e. The number of para-hydroxylation sites is 2. The van der Waals surface area contributed by atoms with Crippen LogP contribution in [0.25, 0.3) is 99.6 Å². The Hall–Kier alpha value is -9.52. The van der Waals surface area contributed by atoms with E-state index >= 15 is 0 Å². The number of rotatable bonds is 7. The summed E-state index contributed by atoms with van der Waals surface area (Å²) < 4.78 is 2.46. The van der Waals surface area contributed by atoms with Crippen LogP contribution in [-0.2, 0) is 20.1 Å². The van der Waals surface area contributed by atoms with Gasteiger partial charge in [-0.1, -0.05) is 153 Å². The van der Waals surface area contributed by atoms with Crippen molar-refractivity contribution in [1.29, 1.82) is 0 Å². The monoisotopic (exact) mass is 1240 g/mol. The van der Waals surface area contributed by atoms with Crippen molar-refractivity contribution in [2.45, 2.75) is 40.2 Å². The Morgan fingerprint density at radius 3 is 1.05 bits per heavy atom. The van der Waals surface area contributed by atoms with Gasteiger partial charge in [-0.25, -0.2) is 0 Å². The molecule has 0 bridgehead atoms. The van der Waals surface area contributed by atoms with Crippen LogP contribution in [0.5, 0.6) is 0 Å². The Balaban J connectivity index is 0.000000130. The van der Waals surface area contributed by atoms with Gasteiger partial charge in [-0.3, -0.25) is 9.97 Å². The van der Waals surface area contributed by atoms with Crippen molar-refractivity contribution < 1.29 is 20.1 Å². The Morgan fingerprint density at radius 1 is 0.378 bits per heavy atom. The van der Waals surface area contributed by atoms with Crippen molar-refractivity contribution >= 4 is 43.6 Å². The van der Waals surface area contributed by atoms with Crippen LogP contribution >= 0.6 is 0 Å². The van der Waals surface area contributed by atoms with Crippen molar-refractivity contribution in [3.05, 3.63) is 309 Å². The van der Waals surface area contributed by atoms with Gasteiger partial charge in [0.2, 0.25) is 0 Å². The van der Waals surface area contributed by atoms with E-state index in [1.807, 2.05) is 140 Å². The molecular weight excluding hydrogens is 1180 g/mol. The van der Waals surface area contributed by atoms with E-state index in [9.17, 15) is 0 Å². The van der Waals surface area contributed by atoms with Gasteiger partial charge in [0.05, 0.1) is 11.0 Å². The summed E-state index contributed by atoms with van der Waals surface area (Å²) in [5, 5.41) is 5.01.